The fourth-order valence-corrected chi connectivity index (χ4v) is 9.74. The predicted molar refractivity (Wildman–Crippen MR) is 211 cm³/mol. The monoisotopic (exact) mass is 612 g/mol. The Morgan fingerprint density at radius 2 is 0.562 bits per heavy atom. The van der Waals surface area contributed by atoms with Gasteiger partial charge in [-0.3, -0.25) is 0 Å². The zero-order valence-corrected chi connectivity index (χ0v) is 28.4. The number of hydrogen-bond acceptors (Lipinski definition) is 0. The second kappa shape index (κ2) is 9.55. The van der Waals surface area contributed by atoms with Crippen molar-refractivity contribution < 1.29 is 0 Å². The first-order valence-electron chi connectivity index (χ1n) is 17.2. The first kappa shape index (κ1) is 27.6. The standard InChI is InChI=1S/C48H36/c1-25-19-27(3)43(28(4)20-25)39-23-41-37-17-15-36-32-12-8-10-14-34-40(44-29(5)21-26(2)22-30(44)6)24-42(46(32)34)38-18-16-35(47(37)48(36)38)31-11-7-9-13-33(39)45(31)41/h7-24H,1-6H3. The van der Waals surface area contributed by atoms with Gasteiger partial charge in [-0.25, -0.2) is 0 Å². The quantitative estimate of drug-likeness (QED) is 0.170. The Bertz CT molecular complexity index is 2740. The molecule has 10 rings (SSSR count). The van der Waals surface area contributed by atoms with Crippen molar-refractivity contribution in [3.8, 4) is 22.3 Å². The second-order valence-electron chi connectivity index (χ2n) is 14.4. The van der Waals surface area contributed by atoms with Crippen LogP contribution < -0.4 is 0 Å². The van der Waals surface area contributed by atoms with E-state index >= 15 is 0 Å². The molecule has 0 heteroatoms. The van der Waals surface area contributed by atoms with E-state index in [0.717, 1.165) is 0 Å². The Balaban J connectivity index is 1.41. The van der Waals surface area contributed by atoms with Gasteiger partial charge in [-0.2, -0.15) is 0 Å². The van der Waals surface area contributed by atoms with E-state index in [9.17, 15) is 0 Å². The third-order valence-electron chi connectivity index (χ3n) is 11.3. The molecule has 0 aromatic heterocycles. The van der Waals surface area contributed by atoms with Crippen LogP contribution in [0.3, 0.4) is 0 Å². The van der Waals surface area contributed by atoms with Crippen LogP contribution in [-0.2, 0) is 0 Å². The van der Waals surface area contributed by atoms with Gasteiger partial charge in [-0.15, -0.1) is 0 Å². The molecule has 0 saturated heterocycles. The fraction of sp³-hybridized carbons (Fsp3) is 0.125. The summed E-state index contributed by atoms with van der Waals surface area (Å²) in [5, 5.41) is 18.9. The van der Waals surface area contributed by atoms with Crippen LogP contribution in [0, 0.1) is 41.5 Å². The number of aryl methyl sites for hydroxylation is 6. The van der Waals surface area contributed by atoms with Crippen molar-refractivity contribution >= 4 is 75.4 Å². The maximum Gasteiger partial charge on any atom is -0.00139 e. The van der Waals surface area contributed by atoms with E-state index in [4.69, 9.17) is 0 Å². The minimum atomic E-state index is 1.32. The molecule has 0 saturated carbocycles. The highest BCUT2D eigenvalue weighted by Crippen LogP contribution is 2.51. The lowest BCUT2D eigenvalue weighted by Crippen LogP contribution is -1.88. The van der Waals surface area contributed by atoms with Crippen LogP contribution in [0.1, 0.15) is 33.4 Å². The van der Waals surface area contributed by atoms with Crippen molar-refractivity contribution in [2.75, 3.05) is 0 Å². The molecule has 0 N–H and O–H groups in total. The van der Waals surface area contributed by atoms with Gasteiger partial charge < -0.3 is 0 Å². The molecule has 0 amide bonds. The van der Waals surface area contributed by atoms with Crippen LogP contribution in [0.15, 0.2) is 109 Å². The van der Waals surface area contributed by atoms with Gasteiger partial charge in [0.2, 0.25) is 0 Å². The van der Waals surface area contributed by atoms with Gasteiger partial charge in [0.1, 0.15) is 0 Å². The average molecular weight is 613 g/mol. The van der Waals surface area contributed by atoms with Gasteiger partial charge in [-0.1, -0.05) is 108 Å². The molecular formula is C48H36. The summed E-state index contributed by atoms with van der Waals surface area (Å²) in [6, 6.07) is 42.2. The van der Waals surface area contributed by atoms with Gasteiger partial charge in [-0.05, 0) is 174 Å². The maximum absolute atomic E-state index is 2.49. The predicted octanol–water partition coefficient (Wildman–Crippen LogP) is 13.8. The van der Waals surface area contributed by atoms with Crippen LogP contribution in [0.2, 0.25) is 0 Å². The highest BCUT2D eigenvalue weighted by atomic mass is 14.3. The minimum Gasteiger partial charge on any atom is -0.0616 e. The van der Waals surface area contributed by atoms with Gasteiger partial charge in [0, 0.05) is 0 Å². The summed E-state index contributed by atoms with van der Waals surface area (Å²) in [5.41, 5.74) is 13.4. The molecule has 0 radical (unpaired) electrons. The lowest BCUT2D eigenvalue weighted by atomic mass is 9.87. The van der Waals surface area contributed by atoms with E-state index in [0.29, 0.717) is 0 Å². The van der Waals surface area contributed by atoms with Crippen LogP contribution in [-0.4, -0.2) is 0 Å². The SMILES string of the molecule is Cc1cc(C)c(-c2cc3c4ccc5c6ccccc7c(-c8c(C)cc(C)cc8C)cc(c8ccc(c9ccccc2c93)c4c58)c76)c(C)c1. The molecule has 0 spiro atoms. The Kier molecular flexibility index (Phi) is 5.50. The van der Waals surface area contributed by atoms with E-state index in [-0.39, 0.29) is 0 Å². The highest BCUT2D eigenvalue weighted by molar-refractivity contribution is 6.44. The average Bonchev–Trinajstić information content (AvgIpc) is 3.38. The number of hydrogen-bond donors (Lipinski definition) is 0. The maximum atomic E-state index is 2.49. The van der Waals surface area contributed by atoms with Crippen molar-refractivity contribution in [1.29, 1.82) is 0 Å². The summed E-state index contributed by atoms with van der Waals surface area (Å²) in [6.07, 6.45) is 0. The molecule has 0 heterocycles. The van der Waals surface area contributed by atoms with Crippen molar-refractivity contribution in [1.82, 2.24) is 0 Å². The Morgan fingerprint density at radius 3 is 0.917 bits per heavy atom. The van der Waals surface area contributed by atoms with Crippen molar-refractivity contribution in [2.45, 2.75) is 41.5 Å². The van der Waals surface area contributed by atoms with E-state index < -0.39 is 0 Å². The zero-order chi connectivity index (χ0) is 32.6. The van der Waals surface area contributed by atoms with Crippen LogP contribution in [0.5, 0.6) is 0 Å². The Labute approximate surface area is 280 Å². The highest BCUT2D eigenvalue weighted by Gasteiger charge is 2.23. The molecular weight excluding hydrogens is 577 g/mol. The molecule has 0 aliphatic rings. The van der Waals surface area contributed by atoms with Crippen molar-refractivity contribution in [3.63, 3.8) is 0 Å². The first-order chi connectivity index (χ1) is 23.3. The van der Waals surface area contributed by atoms with Crippen LogP contribution >= 0.6 is 0 Å². The summed E-state index contributed by atoms with van der Waals surface area (Å²) in [7, 11) is 0. The smallest absolute Gasteiger partial charge is 0.00139 e. The van der Waals surface area contributed by atoms with Crippen molar-refractivity contribution in [3.05, 3.63) is 143 Å². The van der Waals surface area contributed by atoms with Gasteiger partial charge in [0.05, 0.1) is 0 Å². The molecule has 0 atom stereocenters. The topological polar surface area (TPSA) is 0 Å². The lowest BCUT2D eigenvalue weighted by Gasteiger charge is -2.15. The molecule has 0 bridgehead atoms. The third-order valence-corrected chi connectivity index (χ3v) is 11.3. The number of benzene rings is 6. The summed E-state index contributed by atoms with van der Waals surface area (Å²) in [4.78, 5) is 0. The molecule has 0 nitrogen and oxygen atoms in total. The summed E-state index contributed by atoms with van der Waals surface area (Å²) in [6.45, 7) is 13.5. The largest absolute Gasteiger partial charge is 0.0616 e. The number of rotatable bonds is 2. The molecule has 10 aromatic carbocycles. The molecule has 228 valence electrons. The molecule has 48 heavy (non-hydrogen) atoms. The summed E-state index contributed by atoms with van der Waals surface area (Å²) >= 11 is 0. The van der Waals surface area contributed by atoms with Gasteiger partial charge in [0.15, 0.2) is 0 Å². The molecule has 10 aromatic rings. The number of fused-ring (bicyclic) bond motifs is 4. The molecule has 0 fully saturated rings. The fourth-order valence-electron chi connectivity index (χ4n) is 9.74. The Hall–Kier alpha value is -5.46. The van der Waals surface area contributed by atoms with E-state index in [1.165, 1.54) is 131 Å². The summed E-state index contributed by atoms with van der Waals surface area (Å²) in [5.74, 6) is 0. The molecule has 0 aliphatic carbocycles. The van der Waals surface area contributed by atoms with E-state index in [2.05, 4.69) is 151 Å². The lowest BCUT2D eigenvalue weighted by molar-refractivity contribution is 1.33. The van der Waals surface area contributed by atoms with Gasteiger partial charge in [0.25, 0.3) is 0 Å². The zero-order valence-electron chi connectivity index (χ0n) is 28.4. The third kappa shape index (κ3) is 3.50. The normalized spacial score (nSPS) is 12.4. The molecule has 0 unspecified atom stereocenters. The minimum absolute atomic E-state index is 1.32. The van der Waals surface area contributed by atoms with Crippen LogP contribution in [0.25, 0.3) is 97.7 Å². The Morgan fingerprint density at radius 1 is 0.271 bits per heavy atom. The first-order valence-corrected chi connectivity index (χ1v) is 17.2. The van der Waals surface area contributed by atoms with E-state index in [1.807, 2.05) is 0 Å². The van der Waals surface area contributed by atoms with Crippen LogP contribution in [0.4, 0.5) is 0 Å². The van der Waals surface area contributed by atoms with Gasteiger partial charge >= 0.3 is 0 Å². The van der Waals surface area contributed by atoms with E-state index in [1.54, 1.807) is 0 Å². The second-order valence-corrected chi connectivity index (χ2v) is 14.4. The summed E-state index contributed by atoms with van der Waals surface area (Å²) < 4.78 is 0. The molecule has 0 aliphatic heterocycles. The van der Waals surface area contributed by atoms with Crippen molar-refractivity contribution in [2.24, 2.45) is 0 Å².